The van der Waals surface area contributed by atoms with Gasteiger partial charge in [-0.15, -0.1) is 0 Å². The number of aromatic nitrogens is 1. The molecule has 0 N–H and O–H groups in total. The third-order valence-electron chi connectivity index (χ3n) is 5.68. The van der Waals surface area contributed by atoms with Crippen LogP contribution in [-0.2, 0) is 0 Å². The van der Waals surface area contributed by atoms with Crippen molar-refractivity contribution in [2.24, 2.45) is 0 Å². The lowest BCUT2D eigenvalue weighted by atomic mass is 9.91. The molecule has 1 fully saturated rings. The number of methoxy groups -OCH3 is 2. The Morgan fingerprint density at radius 1 is 1.07 bits per heavy atom. The van der Waals surface area contributed by atoms with E-state index in [1.165, 1.54) is 12.1 Å². The number of ether oxygens (including phenoxy) is 3. The third kappa shape index (κ3) is 4.51. The first-order valence-corrected chi connectivity index (χ1v) is 10.3. The molecule has 0 spiro atoms. The number of fused-ring (bicyclic) bond motifs is 1. The van der Waals surface area contributed by atoms with Crippen LogP contribution in [0.2, 0.25) is 0 Å². The minimum Gasteiger partial charge on any atom is -0.497 e. The average Bonchev–Trinajstić information content (AvgIpc) is 3.20. The Morgan fingerprint density at radius 3 is 2.67 bits per heavy atom. The van der Waals surface area contributed by atoms with Crippen LogP contribution in [0.4, 0.5) is 4.39 Å². The molecule has 1 aliphatic rings. The van der Waals surface area contributed by atoms with Gasteiger partial charge >= 0.3 is 0 Å². The van der Waals surface area contributed by atoms with Gasteiger partial charge in [0, 0.05) is 30.0 Å². The highest BCUT2D eigenvalue weighted by molar-refractivity contribution is 5.79. The van der Waals surface area contributed by atoms with Gasteiger partial charge < -0.3 is 23.6 Å². The summed E-state index contributed by atoms with van der Waals surface area (Å²) in [4.78, 5) is 2.45. The number of benzene rings is 2. The van der Waals surface area contributed by atoms with Crippen LogP contribution in [0.15, 0.2) is 40.9 Å². The molecule has 0 amide bonds. The summed E-state index contributed by atoms with van der Waals surface area (Å²) in [5.74, 6) is 2.20. The van der Waals surface area contributed by atoms with Crippen LogP contribution in [0.5, 0.6) is 17.2 Å². The number of halogens is 1. The molecule has 160 valence electrons. The SMILES string of the molecule is COc1ccc(OC)c(OCCCN2CCC(c3noc4cc(F)ccc34)CC2)c1. The normalized spacial score (nSPS) is 15.4. The van der Waals surface area contributed by atoms with Gasteiger partial charge in [0.25, 0.3) is 0 Å². The zero-order valence-corrected chi connectivity index (χ0v) is 17.4. The van der Waals surface area contributed by atoms with E-state index in [4.69, 9.17) is 18.7 Å². The molecule has 0 atom stereocenters. The molecule has 1 saturated heterocycles. The fourth-order valence-electron chi connectivity index (χ4n) is 4.02. The average molecular weight is 414 g/mol. The largest absolute Gasteiger partial charge is 0.497 e. The summed E-state index contributed by atoms with van der Waals surface area (Å²) in [7, 11) is 3.27. The van der Waals surface area contributed by atoms with Gasteiger partial charge in [0.05, 0.1) is 26.5 Å². The summed E-state index contributed by atoms with van der Waals surface area (Å²) in [5.41, 5.74) is 1.48. The zero-order chi connectivity index (χ0) is 20.9. The summed E-state index contributed by atoms with van der Waals surface area (Å²) in [6.07, 6.45) is 2.96. The second kappa shape index (κ2) is 9.34. The number of piperidine rings is 1. The van der Waals surface area contributed by atoms with E-state index in [1.54, 1.807) is 20.3 Å². The minimum atomic E-state index is -0.297. The molecule has 2 aromatic carbocycles. The number of hydrogen-bond donors (Lipinski definition) is 0. The first-order valence-electron chi connectivity index (χ1n) is 10.3. The second-order valence-corrected chi connectivity index (χ2v) is 7.54. The fraction of sp³-hybridized carbons (Fsp3) is 0.435. The predicted octanol–water partition coefficient (Wildman–Crippen LogP) is 4.63. The summed E-state index contributed by atoms with van der Waals surface area (Å²) < 4.78 is 35.2. The van der Waals surface area contributed by atoms with Gasteiger partial charge in [0.1, 0.15) is 11.6 Å². The van der Waals surface area contributed by atoms with Crippen molar-refractivity contribution in [3.8, 4) is 17.2 Å². The molecular formula is C23H27FN2O4. The Morgan fingerprint density at radius 2 is 1.90 bits per heavy atom. The number of nitrogens with zero attached hydrogens (tertiary/aromatic N) is 2. The van der Waals surface area contributed by atoms with Crippen LogP contribution in [0.25, 0.3) is 11.0 Å². The van der Waals surface area contributed by atoms with Crippen molar-refractivity contribution in [2.75, 3.05) is 40.5 Å². The standard InChI is InChI=1S/C23H27FN2O4/c1-27-18-5-7-20(28-2)22(15-18)29-13-3-10-26-11-8-16(9-12-26)23-19-6-4-17(24)14-21(19)30-25-23/h4-7,14-16H,3,8-13H2,1-2H3. The van der Waals surface area contributed by atoms with Crippen molar-refractivity contribution in [3.63, 3.8) is 0 Å². The maximum absolute atomic E-state index is 13.4. The van der Waals surface area contributed by atoms with Gasteiger partial charge in [0.2, 0.25) is 0 Å². The van der Waals surface area contributed by atoms with Crippen LogP contribution >= 0.6 is 0 Å². The van der Waals surface area contributed by atoms with Gasteiger partial charge in [-0.25, -0.2) is 4.39 Å². The molecule has 0 unspecified atom stereocenters. The topological polar surface area (TPSA) is 57.0 Å². The highest BCUT2D eigenvalue weighted by atomic mass is 19.1. The van der Waals surface area contributed by atoms with Crippen molar-refractivity contribution in [2.45, 2.75) is 25.2 Å². The molecule has 2 heterocycles. The number of rotatable bonds is 8. The smallest absolute Gasteiger partial charge is 0.170 e. The molecule has 0 radical (unpaired) electrons. The van der Waals surface area contributed by atoms with Crippen molar-refractivity contribution in [1.82, 2.24) is 10.1 Å². The third-order valence-corrected chi connectivity index (χ3v) is 5.68. The molecule has 3 aromatic rings. The van der Waals surface area contributed by atoms with E-state index < -0.39 is 0 Å². The Hall–Kier alpha value is -2.80. The number of likely N-dealkylation sites (tertiary alicyclic amines) is 1. The molecular weight excluding hydrogens is 387 g/mol. The Labute approximate surface area is 175 Å². The van der Waals surface area contributed by atoms with Gasteiger partial charge in [0.15, 0.2) is 17.1 Å². The first kappa shape index (κ1) is 20.5. The molecule has 0 bridgehead atoms. The van der Waals surface area contributed by atoms with E-state index in [-0.39, 0.29) is 5.82 Å². The van der Waals surface area contributed by atoms with Gasteiger partial charge in [-0.05, 0) is 56.6 Å². The quantitative estimate of drug-likeness (QED) is 0.501. The van der Waals surface area contributed by atoms with Crippen molar-refractivity contribution < 1.29 is 23.1 Å². The van der Waals surface area contributed by atoms with E-state index >= 15 is 0 Å². The maximum atomic E-state index is 13.4. The van der Waals surface area contributed by atoms with Crippen molar-refractivity contribution in [1.29, 1.82) is 0 Å². The Kier molecular flexibility index (Phi) is 6.38. The lowest BCUT2D eigenvalue weighted by molar-refractivity contribution is 0.189. The van der Waals surface area contributed by atoms with Gasteiger partial charge in [-0.3, -0.25) is 0 Å². The Balaban J connectivity index is 1.25. The Bertz CT molecular complexity index is 982. The summed E-state index contributed by atoms with van der Waals surface area (Å²) >= 11 is 0. The van der Waals surface area contributed by atoms with E-state index in [1.807, 2.05) is 18.2 Å². The molecule has 1 aliphatic heterocycles. The van der Waals surface area contributed by atoms with Crippen LogP contribution in [0.1, 0.15) is 30.9 Å². The van der Waals surface area contributed by atoms with Gasteiger partial charge in [-0.2, -0.15) is 0 Å². The van der Waals surface area contributed by atoms with Crippen molar-refractivity contribution >= 4 is 11.0 Å². The summed E-state index contributed by atoms with van der Waals surface area (Å²) in [6.45, 7) is 3.60. The van der Waals surface area contributed by atoms with E-state index in [2.05, 4.69) is 10.1 Å². The molecule has 0 saturated carbocycles. The van der Waals surface area contributed by atoms with Gasteiger partial charge in [-0.1, -0.05) is 5.16 Å². The van der Waals surface area contributed by atoms with E-state index in [9.17, 15) is 4.39 Å². The molecule has 0 aliphatic carbocycles. The van der Waals surface area contributed by atoms with Crippen LogP contribution in [0.3, 0.4) is 0 Å². The summed E-state index contributed by atoms with van der Waals surface area (Å²) in [5, 5.41) is 5.15. The van der Waals surface area contributed by atoms with Crippen molar-refractivity contribution in [3.05, 3.63) is 47.9 Å². The second-order valence-electron chi connectivity index (χ2n) is 7.54. The van der Waals surface area contributed by atoms with E-state index in [0.717, 1.165) is 55.7 Å². The molecule has 1 aromatic heterocycles. The predicted molar refractivity (Wildman–Crippen MR) is 112 cm³/mol. The molecule has 7 heteroatoms. The fourth-order valence-corrected chi connectivity index (χ4v) is 4.02. The monoisotopic (exact) mass is 414 g/mol. The highest BCUT2D eigenvalue weighted by Crippen LogP contribution is 2.33. The lowest BCUT2D eigenvalue weighted by Crippen LogP contribution is -2.34. The summed E-state index contributed by atoms with van der Waals surface area (Å²) in [6, 6.07) is 10.2. The highest BCUT2D eigenvalue weighted by Gasteiger charge is 2.25. The molecule has 30 heavy (non-hydrogen) atoms. The van der Waals surface area contributed by atoms with Crippen LogP contribution in [0, 0.1) is 5.82 Å². The minimum absolute atomic E-state index is 0.297. The first-order chi connectivity index (χ1) is 14.7. The number of hydrogen-bond acceptors (Lipinski definition) is 6. The zero-order valence-electron chi connectivity index (χ0n) is 17.4. The van der Waals surface area contributed by atoms with Crippen LogP contribution in [-0.4, -0.2) is 50.5 Å². The van der Waals surface area contributed by atoms with Crippen LogP contribution < -0.4 is 14.2 Å². The maximum Gasteiger partial charge on any atom is 0.170 e. The van der Waals surface area contributed by atoms with E-state index in [0.29, 0.717) is 29.6 Å². The molecule has 4 rings (SSSR count). The molecule has 6 nitrogen and oxygen atoms in total. The lowest BCUT2D eigenvalue weighted by Gasteiger charge is -2.31.